The van der Waals surface area contributed by atoms with Gasteiger partial charge >= 0.3 is 0 Å². The molecular weight excluding hydrogens is 218 g/mol. The highest BCUT2D eigenvalue weighted by atomic mass is 32.1. The van der Waals surface area contributed by atoms with Gasteiger partial charge in [-0.05, 0) is 40.3 Å². The maximum atomic E-state index is 4.59. The number of likely N-dealkylation sites (N-methyl/N-ethyl adjacent to an activating group) is 1. The molecule has 1 aliphatic rings. The third-order valence-corrected chi connectivity index (χ3v) is 4.54. The quantitative estimate of drug-likeness (QED) is 0.876. The molecule has 0 bridgehead atoms. The Balaban J connectivity index is 2.01. The zero-order valence-electron chi connectivity index (χ0n) is 10.4. The molecule has 1 saturated heterocycles. The number of likely N-dealkylation sites (tertiary alicyclic amines) is 1. The van der Waals surface area contributed by atoms with Gasteiger partial charge in [0.05, 0.1) is 6.04 Å². The van der Waals surface area contributed by atoms with Crippen molar-refractivity contribution in [1.29, 1.82) is 0 Å². The number of hydrogen-bond donors (Lipinski definition) is 1. The van der Waals surface area contributed by atoms with Gasteiger partial charge in [0, 0.05) is 23.7 Å². The topological polar surface area (TPSA) is 28.2 Å². The standard InChI is InChI=1S/C12H21N3S/c1-9-8-16-12(14-9)10(2)15-6-4-5-11(7-15)13-3/h8,10-11,13H,4-7H2,1-3H3. The van der Waals surface area contributed by atoms with Crippen LogP contribution in [0.4, 0.5) is 0 Å². The molecule has 90 valence electrons. The first-order chi connectivity index (χ1) is 7.70. The number of piperidine rings is 1. The number of nitrogens with one attached hydrogen (secondary N) is 1. The first-order valence-electron chi connectivity index (χ1n) is 6.04. The molecule has 3 nitrogen and oxygen atoms in total. The lowest BCUT2D eigenvalue weighted by Gasteiger charge is -2.35. The fourth-order valence-electron chi connectivity index (χ4n) is 2.31. The van der Waals surface area contributed by atoms with Gasteiger partial charge in [-0.1, -0.05) is 0 Å². The lowest BCUT2D eigenvalue weighted by molar-refractivity contribution is 0.149. The Morgan fingerprint density at radius 1 is 1.62 bits per heavy atom. The highest BCUT2D eigenvalue weighted by Crippen LogP contribution is 2.26. The lowest BCUT2D eigenvalue weighted by atomic mass is 10.0. The van der Waals surface area contributed by atoms with Crippen molar-refractivity contribution in [2.24, 2.45) is 0 Å². The van der Waals surface area contributed by atoms with Gasteiger partial charge in [-0.15, -0.1) is 11.3 Å². The zero-order valence-corrected chi connectivity index (χ0v) is 11.2. The number of aryl methyl sites for hydroxylation is 1. The van der Waals surface area contributed by atoms with Crippen LogP contribution in [0.2, 0.25) is 0 Å². The first kappa shape index (κ1) is 12.0. The first-order valence-corrected chi connectivity index (χ1v) is 6.92. The summed E-state index contributed by atoms with van der Waals surface area (Å²) in [5, 5.41) is 6.79. The van der Waals surface area contributed by atoms with E-state index in [1.807, 2.05) is 0 Å². The molecular formula is C12H21N3S. The van der Waals surface area contributed by atoms with Gasteiger partial charge in [-0.3, -0.25) is 4.90 Å². The molecule has 0 spiro atoms. The average Bonchev–Trinajstić information content (AvgIpc) is 2.75. The normalized spacial score (nSPS) is 24.6. The molecule has 1 aromatic rings. The van der Waals surface area contributed by atoms with Crippen LogP contribution >= 0.6 is 11.3 Å². The summed E-state index contributed by atoms with van der Waals surface area (Å²) in [6.07, 6.45) is 2.59. The molecule has 4 heteroatoms. The summed E-state index contributed by atoms with van der Waals surface area (Å²) < 4.78 is 0. The second kappa shape index (κ2) is 5.25. The van der Waals surface area contributed by atoms with Crippen molar-refractivity contribution >= 4 is 11.3 Å². The second-order valence-corrected chi connectivity index (χ2v) is 5.52. The van der Waals surface area contributed by atoms with Crippen LogP contribution in [-0.4, -0.2) is 36.1 Å². The van der Waals surface area contributed by atoms with E-state index in [2.05, 4.69) is 41.5 Å². The van der Waals surface area contributed by atoms with Crippen molar-refractivity contribution in [2.75, 3.05) is 20.1 Å². The summed E-state index contributed by atoms with van der Waals surface area (Å²) in [6, 6.07) is 1.12. The monoisotopic (exact) mass is 239 g/mol. The number of hydrogen-bond acceptors (Lipinski definition) is 4. The van der Waals surface area contributed by atoms with Crippen LogP contribution in [0.1, 0.15) is 36.5 Å². The number of nitrogens with zero attached hydrogens (tertiary/aromatic N) is 2. The van der Waals surface area contributed by atoms with E-state index >= 15 is 0 Å². The Morgan fingerprint density at radius 3 is 3.06 bits per heavy atom. The van der Waals surface area contributed by atoms with Crippen molar-refractivity contribution in [3.05, 3.63) is 16.1 Å². The highest BCUT2D eigenvalue weighted by Gasteiger charge is 2.24. The minimum absolute atomic E-state index is 0.467. The minimum atomic E-state index is 0.467. The van der Waals surface area contributed by atoms with E-state index in [1.165, 1.54) is 24.4 Å². The molecule has 1 N–H and O–H groups in total. The number of aromatic nitrogens is 1. The third kappa shape index (κ3) is 2.62. The Kier molecular flexibility index (Phi) is 3.95. The molecule has 1 fully saturated rings. The highest BCUT2D eigenvalue weighted by molar-refractivity contribution is 7.09. The maximum absolute atomic E-state index is 4.59. The van der Waals surface area contributed by atoms with E-state index in [-0.39, 0.29) is 0 Å². The molecule has 1 aromatic heterocycles. The van der Waals surface area contributed by atoms with Gasteiger partial charge in [-0.2, -0.15) is 0 Å². The van der Waals surface area contributed by atoms with Crippen LogP contribution in [0.15, 0.2) is 5.38 Å². The van der Waals surface area contributed by atoms with Crippen molar-refractivity contribution in [3.8, 4) is 0 Å². The van der Waals surface area contributed by atoms with Crippen molar-refractivity contribution in [2.45, 2.75) is 38.8 Å². The van der Waals surface area contributed by atoms with Crippen LogP contribution < -0.4 is 5.32 Å². The minimum Gasteiger partial charge on any atom is -0.316 e. The maximum Gasteiger partial charge on any atom is 0.110 e. The molecule has 2 heterocycles. The summed E-state index contributed by atoms with van der Waals surface area (Å²) in [4.78, 5) is 7.14. The lowest BCUT2D eigenvalue weighted by Crippen LogP contribution is -2.45. The number of thiazole rings is 1. The van der Waals surface area contributed by atoms with Crippen molar-refractivity contribution in [1.82, 2.24) is 15.2 Å². The van der Waals surface area contributed by atoms with E-state index < -0.39 is 0 Å². The van der Waals surface area contributed by atoms with E-state index in [9.17, 15) is 0 Å². The van der Waals surface area contributed by atoms with Gasteiger partial charge in [-0.25, -0.2) is 4.98 Å². The fraction of sp³-hybridized carbons (Fsp3) is 0.750. The van der Waals surface area contributed by atoms with Gasteiger partial charge in [0.25, 0.3) is 0 Å². The van der Waals surface area contributed by atoms with Crippen LogP contribution in [0, 0.1) is 6.92 Å². The summed E-state index contributed by atoms with van der Waals surface area (Å²) in [7, 11) is 2.06. The fourth-order valence-corrected chi connectivity index (χ4v) is 3.20. The third-order valence-electron chi connectivity index (χ3n) is 3.40. The average molecular weight is 239 g/mol. The van der Waals surface area contributed by atoms with Crippen LogP contribution in [-0.2, 0) is 0 Å². The van der Waals surface area contributed by atoms with E-state index in [4.69, 9.17) is 0 Å². The molecule has 1 aliphatic heterocycles. The van der Waals surface area contributed by atoms with Gasteiger partial charge in [0.1, 0.15) is 5.01 Å². The molecule has 0 amide bonds. The Hall–Kier alpha value is -0.450. The van der Waals surface area contributed by atoms with Crippen LogP contribution in [0.25, 0.3) is 0 Å². The largest absolute Gasteiger partial charge is 0.316 e. The SMILES string of the molecule is CNC1CCCN(C(C)c2nc(C)cs2)C1. The summed E-state index contributed by atoms with van der Waals surface area (Å²) >= 11 is 1.79. The van der Waals surface area contributed by atoms with E-state index in [0.29, 0.717) is 12.1 Å². The summed E-state index contributed by atoms with van der Waals surface area (Å²) in [6.45, 7) is 6.70. The predicted octanol–water partition coefficient (Wildman–Crippen LogP) is 2.20. The van der Waals surface area contributed by atoms with Gasteiger partial charge in [0.15, 0.2) is 0 Å². The smallest absolute Gasteiger partial charge is 0.110 e. The van der Waals surface area contributed by atoms with Crippen LogP contribution in [0.3, 0.4) is 0 Å². The molecule has 0 aromatic carbocycles. The summed E-state index contributed by atoms with van der Waals surface area (Å²) in [5.74, 6) is 0. The molecule has 16 heavy (non-hydrogen) atoms. The molecule has 2 atom stereocenters. The molecule has 0 aliphatic carbocycles. The predicted molar refractivity (Wildman–Crippen MR) is 68.9 cm³/mol. The van der Waals surface area contributed by atoms with E-state index in [0.717, 1.165) is 12.2 Å². The van der Waals surface area contributed by atoms with E-state index in [1.54, 1.807) is 11.3 Å². The molecule has 0 radical (unpaired) electrons. The second-order valence-electron chi connectivity index (χ2n) is 4.63. The van der Waals surface area contributed by atoms with Gasteiger partial charge < -0.3 is 5.32 Å². The van der Waals surface area contributed by atoms with Gasteiger partial charge in [0.2, 0.25) is 0 Å². The molecule has 2 unspecified atom stereocenters. The Morgan fingerprint density at radius 2 is 2.44 bits per heavy atom. The zero-order chi connectivity index (χ0) is 11.5. The van der Waals surface area contributed by atoms with Crippen LogP contribution in [0.5, 0.6) is 0 Å². The molecule has 0 saturated carbocycles. The summed E-state index contributed by atoms with van der Waals surface area (Å²) in [5.41, 5.74) is 1.15. The molecule has 2 rings (SSSR count). The van der Waals surface area contributed by atoms with Crippen molar-refractivity contribution < 1.29 is 0 Å². The Labute approximate surface area is 102 Å². The Bertz CT molecular complexity index is 337. The van der Waals surface area contributed by atoms with Crippen molar-refractivity contribution in [3.63, 3.8) is 0 Å². The number of rotatable bonds is 3.